The van der Waals surface area contributed by atoms with Crippen LogP contribution in [-0.2, 0) is 0 Å². The van der Waals surface area contributed by atoms with Gasteiger partial charge in [0.05, 0.1) is 12.4 Å². The fourth-order valence-corrected chi connectivity index (χ4v) is 1.97. The van der Waals surface area contributed by atoms with Crippen molar-refractivity contribution in [3.8, 4) is 0 Å². The zero-order chi connectivity index (χ0) is 14.7. The number of anilines is 2. The molecule has 0 unspecified atom stereocenters. The highest BCUT2D eigenvalue weighted by Crippen LogP contribution is 2.19. The highest BCUT2D eigenvalue weighted by molar-refractivity contribution is 6.04. The molecule has 20 heavy (non-hydrogen) atoms. The van der Waals surface area contributed by atoms with E-state index in [1.54, 1.807) is 11.9 Å². The van der Waals surface area contributed by atoms with Crippen molar-refractivity contribution in [1.82, 2.24) is 9.97 Å². The van der Waals surface area contributed by atoms with Gasteiger partial charge in [-0.2, -0.15) is 0 Å². The Bertz CT molecular complexity index is 621. The van der Waals surface area contributed by atoms with Crippen LogP contribution >= 0.6 is 0 Å². The van der Waals surface area contributed by atoms with Crippen LogP contribution in [0, 0.1) is 13.8 Å². The molecule has 1 heterocycles. The molecule has 1 aromatic heterocycles. The van der Waals surface area contributed by atoms with Gasteiger partial charge in [-0.05, 0) is 37.1 Å². The van der Waals surface area contributed by atoms with Gasteiger partial charge >= 0.3 is 0 Å². The Morgan fingerprint density at radius 3 is 2.45 bits per heavy atom. The average molecular weight is 271 g/mol. The number of hydrogen-bond donors (Lipinski definition) is 2. The van der Waals surface area contributed by atoms with E-state index in [-0.39, 0.29) is 11.6 Å². The molecule has 0 aliphatic carbocycles. The Labute approximate surface area is 117 Å². The van der Waals surface area contributed by atoms with E-state index in [1.807, 2.05) is 26.0 Å². The van der Waals surface area contributed by atoms with E-state index in [9.17, 15) is 4.79 Å². The Hall–Kier alpha value is -2.47. The summed E-state index contributed by atoms with van der Waals surface area (Å²) < 4.78 is 0. The molecule has 6 heteroatoms. The van der Waals surface area contributed by atoms with Gasteiger partial charge in [0, 0.05) is 12.7 Å². The number of aromatic nitrogens is 2. The van der Waals surface area contributed by atoms with Crippen LogP contribution in [0.2, 0.25) is 0 Å². The van der Waals surface area contributed by atoms with Gasteiger partial charge < -0.3 is 10.3 Å². The molecule has 0 spiro atoms. The second kappa shape index (κ2) is 5.66. The molecule has 2 aromatic rings. The standard InChI is InChI=1S/C14H17N5O/c1-9-4-10(2)6-11(5-9)19(3)14(20)12-7-16-8-13(17-12)18-15/h4-8H,15H2,1-3H3,(H,17,18). The van der Waals surface area contributed by atoms with Crippen LogP contribution < -0.4 is 16.2 Å². The zero-order valence-electron chi connectivity index (χ0n) is 11.7. The van der Waals surface area contributed by atoms with Crippen LogP contribution in [0.5, 0.6) is 0 Å². The largest absolute Gasteiger partial charge is 0.310 e. The SMILES string of the molecule is Cc1cc(C)cc(N(C)C(=O)c2cncc(NN)n2)c1. The van der Waals surface area contributed by atoms with Crippen molar-refractivity contribution in [2.75, 3.05) is 17.4 Å². The van der Waals surface area contributed by atoms with E-state index < -0.39 is 0 Å². The number of hydrogen-bond acceptors (Lipinski definition) is 5. The van der Waals surface area contributed by atoms with Crippen LogP contribution in [0.4, 0.5) is 11.5 Å². The summed E-state index contributed by atoms with van der Waals surface area (Å²) in [5.74, 6) is 5.38. The van der Waals surface area contributed by atoms with E-state index in [1.165, 1.54) is 12.4 Å². The second-order valence-corrected chi connectivity index (χ2v) is 4.64. The number of nitrogen functional groups attached to an aromatic ring is 1. The molecule has 104 valence electrons. The predicted molar refractivity (Wildman–Crippen MR) is 78.5 cm³/mol. The van der Waals surface area contributed by atoms with Crippen LogP contribution in [0.25, 0.3) is 0 Å². The summed E-state index contributed by atoms with van der Waals surface area (Å²) in [5.41, 5.74) is 5.63. The maximum absolute atomic E-state index is 12.4. The van der Waals surface area contributed by atoms with Crippen LogP contribution in [0.15, 0.2) is 30.6 Å². The summed E-state index contributed by atoms with van der Waals surface area (Å²) in [6.45, 7) is 3.99. The molecule has 0 radical (unpaired) electrons. The van der Waals surface area contributed by atoms with Crippen LogP contribution in [0.3, 0.4) is 0 Å². The monoisotopic (exact) mass is 271 g/mol. The smallest absolute Gasteiger partial charge is 0.278 e. The minimum Gasteiger partial charge on any atom is -0.310 e. The Morgan fingerprint density at radius 1 is 1.20 bits per heavy atom. The van der Waals surface area contributed by atoms with Crippen LogP contribution in [0.1, 0.15) is 21.6 Å². The third-order valence-corrected chi connectivity index (χ3v) is 2.90. The number of aryl methyl sites for hydroxylation is 2. The summed E-state index contributed by atoms with van der Waals surface area (Å²) in [6.07, 6.45) is 2.87. The van der Waals surface area contributed by atoms with Crippen molar-refractivity contribution in [2.24, 2.45) is 5.84 Å². The van der Waals surface area contributed by atoms with E-state index in [0.29, 0.717) is 5.82 Å². The lowest BCUT2D eigenvalue weighted by Crippen LogP contribution is -2.27. The number of hydrazine groups is 1. The van der Waals surface area contributed by atoms with Crippen LogP contribution in [-0.4, -0.2) is 22.9 Å². The summed E-state index contributed by atoms with van der Waals surface area (Å²) in [4.78, 5) is 22.0. The molecule has 0 aliphatic heterocycles. The maximum Gasteiger partial charge on any atom is 0.278 e. The van der Waals surface area contributed by atoms with Crippen molar-refractivity contribution in [1.29, 1.82) is 0 Å². The first-order valence-corrected chi connectivity index (χ1v) is 6.16. The lowest BCUT2D eigenvalue weighted by Gasteiger charge is -2.18. The average Bonchev–Trinajstić information content (AvgIpc) is 2.44. The molecule has 3 N–H and O–H groups in total. The Balaban J connectivity index is 2.31. The van der Waals surface area contributed by atoms with E-state index in [2.05, 4.69) is 21.5 Å². The molecule has 6 nitrogen and oxygen atoms in total. The van der Waals surface area contributed by atoms with Crippen molar-refractivity contribution in [3.63, 3.8) is 0 Å². The second-order valence-electron chi connectivity index (χ2n) is 4.64. The lowest BCUT2D eigenvalue weighted by atomic mass is 10.1. The molecule has 0 saturated heterocycles. The minimum absolute atomic E-state index is 0.236. The quantitative estimate of drug-likeness (QED) is 0.655. The highest BCUT2D eigenvalue weighted by Gasteiger charge is 2.16. The van der Waals surface area contributed by atoms with E-state index in [4.69, 9.17) is 5.84 Å². The van der Waals surface area contributed by atoms with Crippen molar-refractivity contribution < 1.29 is 4.79 Å². The first-order chi connectivity index (χ1) is 9.51. The molecule has 1 amide bonds. The number of nitrogens with zero attached hydrogens (tertiary/aromatic N) is 3. The van der Waals surface area contributed by atoms with Gasteiger partial charge in [-0.1, -0.05) is 6.07 Å². The fourth-order valence-electron chi connectivity index (χ4n) is 1.97. The molecule has 0 bridgehead atoms. The van der Waals surface area contributed by atoms with Gasteiger partial charge in [0.2, 0.25) is 0 Å². The normalized spacial score (nSPS) is 10.2. The number of carbonyl (C=O) groups is 1. The number of carbonyl (C=O) groups excluding carboxylic acids is 1. The van der Waals surface area contributed by atoms with Gasteiger partial charge in [0.15, 0.2) is 5.82 Å². The number of amides is 1. The van der Waals surface area contributed by atoms with Gasteiger partial charge in [0.1, 0.15) is 5.69 Å². The molecule has 2 rings (SSSR count). The molecule has 0 aliphatic rings. The first-order valence-electron chi connectivity index (χ1n) is 6.16. The third-order valence-electron chi connectivity index (χ3n) is 2.90. The number of nitrogens with one attached hydrogen (secondary N) is 1. The number of benzene rings is 1. The maximum atomic E-state index is 12.4. The first kappa shape index (κ1) is 14.0. The highest BCUT2D eigenvalue weighted by atomic mass is 16.2. The fraction of sp³-hybridized carbons (Fsp3) is 0.214. The van der Waals surface area contributed by atoms with E-state index >= 15 is 0 Å². The van der Waals surface area contributed by atoms with Gasteiger partial charge in [-0.3, -0.25) is 9.78 Å². The van der Waals surface area contributed by atoms with Crippen molar-refractivity contribution in [3.05, 3.63) is 47.4 Å². The van der Waals surface area contributed by atoms with Crippen molar-refractivity contribution in [2.45, 2.75) is 13.8 Å². The third kappa shape index (κ3) is 2.92. The van der Waals surface area contributed by atoms with Gasteiger partial charge in [-0.25, -0.2) is 10.8 Å². The molecule has 0 saturated carbocycles. The molecular weight excluding hydrogens is 254 g/mol. The molecule has 0 fully saturated rings. The topological polar surface area (TPSA) is 84.1 Å². The van der Waals surface area contributed by atoms with Gasteiger partial charge in [0.25, 0.3) is 5.91 Å². The lowest BCUT2D eigenvalue weighted by molar-refractivity contribution is 0.0988. The Morgan fingerprint density at radius 2 is 1.85 bits per heavy atom. The summed E-state index contributed by atoms with van der Waals surface area (Å²) in [6, 6.07) is 5.95. The molecule has 0 atom stereocenters. The summed E-state index contributed by atoms with van der Waals surface area (Å²) in [7, 11) is 1.71. The molecule has 1 aromatic carbocycles. The zero-order valence-corrected chi connectivity index (χ0v) is 11.7. The predicted octanol–water partition coefficient (Wildman–Crippen LogP) is 1.66. The van der Waals surface area contributed by atoms with E-state index in [0.717, 1.165) is 16.8 Å². The number of rotatable bonds is 3. The Kier molecular flexibility index (Phi) is 3.95. The summed E-state index contributed by atoms with van der Waals surface area (Å²) >= 11 is 0. The van der Waals surface area contributed by atoms with Gasteiger partial charge in [-0.15, -0.1) is 0 Å². The molecular formula is C14H17N5O. The number of nitrogens with two attached hydrogens (primary N) is 1. The summed E-state index contributed by atoms with van der Waals surface area (Å²) in [5, 5.41) is 0. The minimum atomic E-state index is -0.236. The van der Waals surface area contributed by atoms with Crippen molar-refractivity contribution >= 4 is 17.4 Å².